The van der Waals surface area contributed by atoms with Crippen molar-refractivity contribution < 1.29 is 0 Å². The summed E-state index contributed by atoms with van der Waals surface area (Å²) in [6, 6.07) is 73.7. The molecule has 0 N–H and O–H groups in total. The lowest BCUT2D eigenvalue weighted by Gasteiger charge is -2.32. The van der Waals surface area contributed by atoms with Crippen molar-refractivity contribution in [3.63, 3.8) is 0 Å². The van der Waals surface area contributed by atoms with E-state index in [1.165, 1.54) is 121 Å². The molecule has 1 unspecified atom stereocenters. The van der Waals surface area contributed by atoms with Crippen LogP contribution >= 0.6 is 0 Å². The first kappa shape index (κ1) is 38.5. The number of hydrogen-bond donors (Lipinski definition) is 0. The van der Waals surface area contributed by atoms with Gasteiger partial charge in [-0.2, -0.15) is 0 Å². The molecule has 0 fully saturated rings. The second-order valence-corrected chi connectivity index (χ2v) is 19.3. The number of hydrogen-bond acceptors (Lipinski definition) is 2. The molecule has 1 atom stereocenters. The predicted molar refractivity (Wildman–Crippen MR) is 287 cm³/mol. The van der Waals surface area contributed by atoms with E-state index in [9.17, 15) is 0 Å². The van der Waals surface area contributed by atoms with E-state index in [2.05, 4.69) is 231 Å². The largest absolute Gasteiger partial charge is 0.331 e. The fraction of sp³-hybridized carbons (Fsp3) is 0.0769. The summed E-state index contributed by atoms with van der Waals surface area (Å²) in [6.07, 6.45) is 0. The van der Waals surface area contributed by atoms with Crippen molar-refractivity contribution in [1.82, 2.24) is 19.1 Å². The molecule has 0 radical (unpaired) electrons. The molecular weight excluding hydrogens is 837 g/mol. The van der Waals surface area contributed by atoms with Crippen molar-refractivity contribution >= 4 is 65.2 Å². The fourth-order valence-electron chi connectivity index (χ4n) is 13.0. The zero-order valence-corrected chi connectivity index (χ0v) is 38.8. The van der Waals surface area contributed by atoms with Gasteiger partial charge < -0.3 is 9.13 Å². The Morgan fingerprint density at radius 3 is 1.35 bits per heavy atom. The number of benzene rings is 11. The Morgan fingerprint density at radius 1 is 0.333 bits per heavy atom. The predicted octanol–water partition coefficient (Wildman–Crippen LogP) is 16.0. The molecule has 2 heterocycles. The van der Waals surface area contributed by atoms with E-state index >= 15 is 0 Å². The Morgan fingerprint density at radius 2 is 0.754 bits per heavy atom. The molecule has 4 heteroatoms. The Hall–Kier alpha value is -8.60. The molecule has 0 amide bonds. The van der Waals surface area contributed by atoms with Crippen LogP contribution < -0.4 is 0 Å². The van der Waals surface area contributed by atoms with Gasteiger partial charge in [-0.3, -0.25) is 0 Å². The van der Waals surface area contributed by atoms with E-state index in [0.29, 0.717) is 0 Å². The first-order chi connectivity index (χ1) is 33.9. The maximum Gasteiger partial charge on any atom is 0.106 e. The van der Waals surface area contributed by atoms with Gasteiger partial charge in [0.1, 0.15) is 11.6 Å². The van der Waals surface area contributed by atoms with Crippen LogP contribution in [0.2, 0.25) is 0 Å². The van der Waals surface area contributed by atoms with Crippen LogP contribution in [0, 0.1) is 13.8 Å². The van der Waals surface area contributed by atoms with Gasteiger partial charge in [0.25, 0.3) is 0 Å². The van der Waals surface area contributed by atoms with Crippen molar-refractivity contribution in [3.05, 3.63) is 228 Å². The van der Waals surface area contributed by atoms with Gasteiger partial charge in [-0.25, -0.2) is 9.97 Å². The molecule has 0 aliphatic heterocycles. The standard InChI is InChI=1S/C65H44N4/c1-37-66-57-32-30-39(34-59(57)68(37)3)41-22-13-24-46-52(41)36-53-42(40-31-33-58-60(35-40)69(4)38(2)67-58)23-14-25-47(53)61(46)51-26-15-29-56-62(51)49-20-9-11-27-54(49)65(56)55-28-12-10-21-50(55)63-45-18-7-5-16-43(45)44-17-6-8-19-48(44)64(63)65/h5-36H,1-4H3. The highest BCUT2D eigenvalue weighted by atomic mass is 15.1. The second kappa shape index (κ2) is 13.7. The van der Waals surface area contributed by atoms with Crippen LogP contribution in [0.15, 0.2) is 194 Å². The maximum absolute atomic E-state index is 4.88. The van der Waals surface area contributed by atoms with Gasteiger partial charge in [0, 0.05) is 14.1 Å². The molecule has 2 aliphatic rings. The van der Waals surface area contributed by atoms with E-state index in [0.717, 1.165) is 33.7 Å². The van der Waals surface area contributed by atoms with Crippen molar-refractivity contribution in [3.8, 4) is 55.6 Å². The van der Waals surface area contributed by atoms with Gasteiger partial charge >= 0.3 is 0 Å². The molecule has 13 aromatic rings. The molecule has 1 spiro atoms. The number of rotatable bonds is 3. The number of imidazole rings is 2. The van der Waals surface area contributed by atoms with Crippen LogP contribution in [0.3, 0.4) is 0 Å². The summed E-state index contributed by atoms with van der Waals surface area (Å²) < 4.78 is 4.40. The highest BCUT2D eigenvalue weighted by Gasteiger charge is 2.53. The lowest BCUT2D eigenvalue weighted by atomic mass is 9.69. The highest BCUT2D eigenvalue weighted by Crippen LogP contribution is 2.66. The third-order valence-corrected chi connectivity index (χ3v) is 16.1. The summed E-state index contributed by atoms with van der Waals surface area (Å²) >= 11 is 0. The summed E-state index contributed by atoms with van der Waals surface area (Å²) in [4.78, 5) is 9.75. The van der Waals surface area contributed by atoms with Crippen LogP contribution in [-0.4, -0.2) is 19.1 Å². The average Bonchev–Trinajstić information content (AvgIpc) is 4.08. The summed E-state index contributed by atoms with van der Waals surface area (Å²) in [5.74, 6) is 2.01. The Balaban J connectivity index is 1.09. The zero-order chi connectivity index (χ0) is 45.9. The summed E-state index contributed by atoms with van der Waals surface area (Å²) in [5, 5.41) is 10.1. The number of fused-ring (bicyclic) bond motifs is 19. The lowest BCUT2D eigenvalue weighted by Crippen LogP contribution is -2.26. The van der Waals surface area contributed by atoms with E-state index < -0.39 is 5.41 Å². The van der Waals surface area contributed by atoms with Crippen molar-refractivity contribution in [2.24, 2.45) is 14.1 Å². The SMILES string of the molecule is Cc1nc2ccc(-c3cccc4c(-c5cccc6c5-c5ccccc5C65c6ccccc6-c6c5c5ccccc5c5ccccc65)c5cccc(-c6ccc7nc(C)n(C)c7c6)c5cc34)cc2n1C. The summed E-state index contributed by atoms with van der Waals surface area (Å²) in [6.45, 7) is 4.16. The Kier molecular flexibility index (Phi) is 7.67. The van der Waals surface area contributed by atoms with Crippen molar-refractivity contribution in [2.75, 3.05) is 0 Å². The molecular formula is C65H44N4. The van der Waals surface area contributed by atoms with Crippen LogP contribution in [-0.2, 0) is 19.5 Å². The zero-order valence-electron chi connectivity index (χ0n) is 38.8. The van der Waals surface area contributed by atoms with Crippen LogP contribution in [0.4, 0.5) is 0 Å². The van der Waals surface area contributed by atoms with E-state index in [-0.39, 0.29) is 0 Å². The first-order valence-electron chi connectivity index (χ1n) is 24.0. The quantitative estimate of drug-likeness (QED) is 0.131. The van der Waals surface area contributed by atoms with E-state index in [4.69, 9.17) is 9.97 Å². The van der Waals surface area contributed by atoms with E-state index in [1.807, 2.05) is 0 Å². The molecule has 0 saturated carbocycles. The molecule has 0 bridgehead atoms. The summed E-state index contributed by atoms with van der Waals surface area (Å²) in [5.41, 5.74) is 21.6. The normalized spacial score (nSPS) is 14.7. The fourth-order valence-corrected chi connectivity index (χ4v) is 13.0. The minimum absolute atomic E-state index is 0.554. The molecule has 324 valence electrons. The van der Waals surface area contributed by atoms with Crippen molar-refractivity contribution in [2.45, 2.75) is 19.3 Å². The Bertz CT molecular complexity index is 4290. The minimum atomic E-state index is -0.554. The smallest absolute Gasteiger partial charge is 0.106 e. The molecule has 0 saturated heterocycles. The summed E-state index contributed by atoms with van der Waals surface area (Å²) in [7, 11) is 4.23. The van der Waals surface area contributed by atoms with Crippen molar-refractivity contribution in [1.29, 1.82) is 0 Å². The molecule has 69 heavy (non-hydrogen) atoms. The van der Waals surface area contributed by atoms with E-state index in [1.54, 1.807) is 0 Å². The van der Waals surface area contributed by atoms with Gasteiger partial charge in [0.15, 0.2) is 0 Å². The number of nitrogens with zero attached hydrogens (tertiary/aromatic N) is 4. The minimum Gasteiger partial charge on any atom is -0.331 e. The molecule has 11 aromatic carbocycles. The molecule has 2 aliphatic carbocycles. The van der Waals surface area contributed by atoms with Gasteiger partial charge in [-0.1, -0.05) is 164 Å². The second-order valence-electron chi connectivity index (χ2n) is 19.3. The van der Waals surface area contributed by atoms with Crippen LogP contribution in [0.25, 0.3) is 121 Å². The van der Waals surface area contributed by atoms with Crippen LogP contribution in [0.5, 0.6) is 0 Å². The third kappa shape index (κ3) is 4.92. The van der Waals surface area contributed by atoms with Gasteiger partial charge in [-0.05, 0) is 165 Å². The third-order valence-electron chi connectivity index (χ3n) is 16.1. The van der Waals surface area contributed by atoms with Gasteiger partial charge in [-0.15, -0.1) is 0 Å². The topological polar surface area (TPSA) is 35.6 Å². The Labute approximate surface area is 399 Å². The van der Waals surface area contributed by atoms with Crippen LogP contribution in [0.1, 0.15) is 33.9 Å². The van der Waals surface area contributed by atoms with Gasteiger partial charge in [0.05, 0.1) is 27.5 Å². The molecule has 15 rings (SSSR count). The molecule has 4 nitrogen and oxygen atoms in total. The maximum atomic E-state index is 4.88. The number of aromatic nitrogens is 4. The monoisotopic (exact) mass is 880 g/mol. The van der Waals surface area contributed by atoms with Gasteiger partial charge in [0.2, 0.25) is 0 Å². The lowest BCUT2D eigenvalue weighted by molar-refractivity contribution is 0.802. The molecule has 2 aromatic heterocycles. The number of aryl methyl sites for hydroxylation is 4. The first-order valence-corrected chi connectivity index (χ1v) is 24.0. The average molecular weight is 881 g/mol. The highest BCUT2D eigenvalue weighted by molar-refractivity contribution is 6.23.